The molecule has 4 aromatic rings. The van der Waals surface area contributed by atoms with E-state index in [9.17, 15) is 15.0 Å². The molecule has 36 heavy (non-hydrogen) atoms. The summed E-state index contributed by atoms with van der Waals surface area (Å²) in [5.74, 6) is 0.863. The van der Waals surface area contributed by atoms with Gasteiger partial charge < -0.3 is 15.5 Å². The van der Waals surface area contributed by atoms with Crippen molar-refractivity contribution in [1.82, 2.24) is 15.0 Å². The predicted octanol–water partition coefficient (Wildman–Crippen LogP) is 6.05. The molecule has 0 amide bonds. The van der Waals surface area contributed by atoms with Gasteiger partial charge in [-0.1, -0.05) is 19.9 Å². The molecule has 1 aromatic carbocycles. The van der Waals surface area contributed by atoms with Gasteiger partial charge >= 0.3 is 5.97 Å². The number of anilines is 2. The fraction of sp³-hybridized carbons (Fsp3) is 0.286. The molecule has 3 N–H and O–H groups in total. The molecule has 3 heterocycles. The Bertz CT molecular complexity index is 1450. The van der Waals surface area contributed by atoms with Gasteiger partial charge in [-0.25, -0.2) is 19.7 Å². The van der Waals surface area contributed by atoms with Gasteiger partial charge in [0, 0.05) is 12.4 Å². The lowest BCUT2D eigenvalue weighted by atomic mass is 9.79. The van der Waals surface area contributed by atoms with E-state index in [2.05, 4.69) is 29.1 Å². The van der Waals surface area contributed by atoms with Gasteiger partial charge in [0.05, 0.1) is 16.1 Å². The zero-order chi connectivity index (χ0) is 25.4. The number of nitrogens with one attached hydrogen (secondary N) is 1. The van der Waals surface area contributed by atoms with E-state index in [4.69, 9.17) is 4.98 Å². The molecule has 0 aliphatic heterocycles. The fourth-order valence-corrected chi connectivity index (χ4v) is 5.68. The first-order valence-corrected chi connectivity index (χ1v) is 12.8. The number of fused-ring (bicyclic) bond motifs is 1. The van der Waals surface area contributed by atoms with Crippen LogP contribution in [0.2, 0.25) is 0 Å². The van der Waals surface area contributed by atoms with Crippen molar-refractivity contribution >= 4 is 28.9 Å². The normalized spacial score (nSPS) is 17.1. The molecule has 3 aromatic heterocycles. The summed E-state index contributed by atoms with van der Waals surface area (Å²) in [6.45, 7) is 6.31. The lowest BCUT2D eigenvalue weighted by Gasteiger charge is -2.33. The number of carboxylic acids is 1. The number of rotatable bonds is 6. The molecule has 0 radical (unpaired) electrons. The van der Waals surface area contributed by atoms with Crippen LogP contribution in [0.1, 0.15) is 70.2 Å². The quantitative estimate of drug-likeness (QED) is 0.296. The SMILES string of the molecule is Cc1cc(Nc2cc(C(C)C)ccn2)nc(-c2cnc([C@@]3(O)CCCc4cc(C(=O)O)ccc43)s2)c1. The van der Waals surface area contributed by atoms with Gasteiger partial charge in [0.15, 0.2) is 0 Å². The molecular formula is C28H28N4O3S. The minimum absolute atomic E-state index is 0.232. The van der Waals surface area contributed by atoms with Crippen molar-refractivity contribution < 1.29 is 15.0 Å². The largest absolute Gasteiger partial charge is 0.478 e. The Kier molecular flexibility index (Phi) is 6.32. The number of aromatic nitrogens is 3. The summed E-state index contributed by atoms with van der Waals surface area (Å²) in [7, 11) is 0. The summed E-state index contributed by atoms with van der Waals surface area (Å²) < 4.78 is 0. The number of thiazole rings is 1. The molecule has 0 unspecified atom stereocenters. The third kappa shape index (κ3) is 4.62. The van der Waals surface area contributed by atoms with Gasteiger partial charge in [-0.05, 0) is 90.8 Å². The molecule has 8 heteroatoms. The molecule has 0 spiro atoms. The van der Waals surface area contributed by atoms with Crippen LogP contribution in [0.3, 0.4) is 0 Å². The number of nitrogens with zero attached hydrogens (tertiary/aromatic N) is 3. The van der Waals surface area contributed by atoms with Crippen LogP contribution in [0, 0.1) is 6.92 Å². The summed E-state index contributed by atoms with van der Waals surface area (Å²) in [5.41, 5.74) is 3.58. The number of benzene rings is 1. The van der Waals surface area contributed by atoms with Gasteiger partial charge in [0.25, 0.3) is 0 Å². The van der Waals surface area contributed by atoms with Crippen LogP contribution in [0.5, 0.6) is 0 Å². The molecule has 0 fully saturated rings. The van der Waals surface area contributed by atoms with Crippen molar-refractivity contribution in [2.24, 2.45) is 0 Å². The number of aliphatic hydroxyl groups is 1. The van der Waals surface area contributed by atoms with Crippen LogP contribution >= 0.6 is 11.3 Å². The van der Waals surface area contributed by atoms with E-state index in [1.54, 1.807) is 30.6 Å². The number of hydrogen-bond donors (Lipinski definition) is 3. The van der Waals surface area contributed by atoms with Gasteiger partial charge in [0.2, 0.25) is 0 Å². The predicted molar refractivity (Wildman–Crippen MR) is 141 cm³/mol. The molecule has 1 atom stereocenters. The smallest absolute Gasteiger partial charge is 0.335 e. The Labute approximate surface area is 213 Å². The standard InChI is InChI=1S/C28H28N4O3S/c1-16(2)18-8-10-29-24(14-18)32-25-12-17(3)11-22(31-25)23-15-30-27(36-23)28(35)9-4-5-19-13-20(26(33)34)6-7-21(19)28/h6-8,10-16,35H,4-5,9H2,1-3H3,(H,33,34)(H,29,31,32)/t28-/m1/s1. The molecule has 0 saturated heterocycles. The van der Waals surface area contributed by atoms with Crippen molar-refractivity contribution in [3.8, 4) is 10.6 Å². The number of carboxylic acid groups (broad SMARTS) is 1. The van der Waals surface area contributed by atoms with Crippen molar-refractivity contribution in [2.75, 3.05) is 5.32 Å². The van der Waals surface area contributed by atoms with Crippen LogP contribution in [0.25, 0.3) is 10.6 Å². The Morgan fingerprint density at radius 2 is 1.94 bits per heavy atom. The molecule has 0 bridgehead atoms. The van der Waals surface area contributed by atoms with Crippen molar-refractivity contribution in [3.05, 3.63) is 87.7 Å². The zero-order valence-corrected chi connectivity index (χ0v) is 21.3. The van der Waals surface area contributed by atoms with E-state index in [0.717, 1.165) is 45.9 Å². The Morgan fingerprint density at radius 1 is 1.11 bits per heavy atom. The van der Waals surface area contributed by atoms with E-state index in [1.807, 2.05) is 31.2 Å². The van der Waals surface area contributed by atoms with Gasteiger partial charge in [-0.3, -0.25) is 0 Å². The van der Waals surface area contributed by atoms with Crippen molar-refractivity contribution in [2.45, 2.75) is 51.6 Å². The van der Waals surface area contributed by atoms with Crippen molar-refractivity contribution in [3.63, 3.8) is 0 Å². The lowest BCUT2D eigenvalue weighted by molar-refractivity contribution is 0.0607. The first-order chi connectivity index (χ1) is 17.2. The van der Waals surface area contributed by atoms with E-state index in [0.29, 0.717) is 23.2 Å². The summed E-state index contributed by atoms with van der Waals surface area (Å²) in [5, 5.41) is 25.0. The van der Waals surface area contributed by atoms with Gasteiger partial charge in [-0.2, -0.15) is 0 Å². The molecule has 1 aliphatic rings. The second-order valence-corrected chi connectivity index (χ2v) is 10.6. The highest BCUT2D eigenvalue weighted by molar-refractivity contribution is 7.15. The lowest BCUT2D eigenvalue weighted by Crippen LogP contribution is -2.32. The third-order valence-electron chi connectivity index (χ3n) is 6.57. The van der Waals surface area contributed by atoms with E-state index >= 15 is 0 Å². The Hall–Kier alpha value is -3.62. The summed E-state index contributed by atoms with van der Waals surface area (Å²) in [6, 6.07) is 13.0. The Morgan fingerprint density at radius 3 is 2.72 bits per heavy atom. The molecule has 5 rings (SSSR count). The molecule has 0 saturated carbocycles. The number of pyridine rings is 2. The first kappa shape index (κ1) is 24.1. The summed E-state index contributed by atoms with van der Waals surface area (Å²) >= 11 is 1.41. The maximum Gasteiger partial charge on any atom is 0.335 e. The fourth-order valence-electron chi connectivity index (χ4n) is 4.68. The van der Waals surface area contributed by atoms with Crippen LogP contribution < -0.4 is 5.32 Å². The average molecular weight is 501 g/mol. The third-order valence-corrected chi connectivity index (χ3v) is 7.74. The number of aryl methyl sites for hydroxylation is 2. The zero-order valence-electron chi connectivity index (χ0n) is 20.4. The van der Waals surface area contributed by atoms with Crippen LogP contribution in [0.15, 0.2) is 54.9 Å². The van der Waals surface area contributed by atoms with Crippen molar-refractivity contribution in [1.29, 1.82) is 0 Å². The minimum atomic E-state index is -1.25. The summed E-state index contributed by atoms with van der Waals surface area (Å²) in [4.78, 5) is 26.1. The van der Waals surface area contributed by atoms with Gasteiger partial charge in [-0.15, -0.1) is 11.3 Å². The monoisotopic (exact) mass is 500 g/mol. The molecule has 1 aliphatic carbocycles. The maximum atomic E-state index is 11.7. The highest BCUT2D eigenvalue weighted by atomic mass is 32.1. The maximum absolute atomic E-state index is 11.7. The topological polar surface area (TPSA) is 108 Å². The number of aromatic carboxylic acids is 1. The molecule has 7 nitrogen and oxygen atoms in total. The number of hydrogen-bond acceptors (Lipinski definition) is 7. The van der Waals surface area contributed by atoms with Crippen LogP contribution in [-0.4, -0.2) is 31.1 Å². The van der Waals surface area contributed by atoms with Gasteiger partial charge in [0.1, 0.15) is 22.2 Å². The van der Waals surface area contributed by atoms with Crippen LogP contribution in [-0.2, 0) is 12.0 Å². The van der Waals surface area contributed by atoms with Crippen LogP contribution in [0.4, 0.5) is 11.6 Å². The first-order valence-electron chi connectivity index (χ1n) is 12.0. The average Bonchev–Trinajstić information content (AvgIpc) is 3.35. The highest BCUT2D eigenvalue weighted by Gasteiger charge is 2.39. The molecular weight excluding hydrogens is 472 g/mol. The second-order valence-electron chi connectivity index (χ2n) is 9.59. The summed E-state index contributed by atoms with van der Waals surface area (Å²) in [6.07, 6.45) is 5.57. The highest BCUT2D eigenvalue weighted by Crippen LogP contribution is 2.43. The minimum Gasteiger partial charge on any atom is -0.478 e. The number of carbonyl (C=O) groups is 1. The Balaban J connectivity index is 1.46. The molecule has 184 valence electrons. The van der Waals surface area contributed by atoms with E-state index in [-0.39, 0.29) is 5.56 Å². The second kappa shape index (κ2) is 9.44. The van der Waals surface area contributed by atoms with E-state index < -0.39 is 11.6 Å². The van der Waals surface area contributed by atoms with E-state index in [1.165, 1.54) is 16.9 Å².